The molecular formula is C15H18F3NO2. The second-order valence-corrected chi connectivity index (χ2v) is 5.20. The Labute approximate surface area is 121 Å². The van der Waals surface area contributed by atoms with E-state index in [1.807, 2.05) is 4.90 Å². The maximum atomic E-state index is 12.7. The molecule has 1 aliphatic rings. The number of hydrogen-bond donors (Lipinski definition) is 0. The summed E-state index contributed by atoms with van der Waals surface area (Å²) in [6, 6.07) is 4.88. The summed E-state index contributed by atoms with van der Waals surface area (Å²) in [5, 5.41) is 0. The van der Waals surface area contributed by atoms with Crippen molar-refractivity contribution in [2.45, 2.75) is 38.0 Å². The molecule has 1 aliphatic heterocycles. The summed E-state index contributed by atoms with van der Waals surface area (Å²) < 4.78 is 42.9. The Balaban J connectivity index is 2.14. The zero-order valence-corrected chi connectivity index (χ0v) is 11.8. The molecule has 3 nitrogen and oxygen atoms in total. The molecule has 0 N–H and O–H groups in total. The Kier molecular flexibility index (Phi) is 4.88. The molecule has 1 heterocycles. The molecule has 0 amide bonds. The van der Waals surface area contributed by atoms with E-state index in [4.69, 9.17) is 4.74 Å². The van der Waals surface area contributed by atoms with Crippen molar-refractivity contribution in [1.82, 2.24) is 4.90 Å². The van der Waals surface area contributed by atoms with Gasteiger partial charge in [0.15, 0.2) is 0 Å². The van der Waals surface area contributed by atoms with Crippen LogP contribution < -0.4 is 0 Å². The van der Waals surface area contributed by atoms with Crippen molar-refractivity contribution in [1.29, 1.82) is 0 Å². The number of hydrogen-bond acceptors (Lipinski definition) is 3. The van der Waals surface area contributed by atoms with Gasteiger partial charge < -0.3 is 4.74 Å². The lowest BCUT2D eigenvalue weighted by Gasteiger charge is -2.33. The van der Waals surface area contributed by atoms with Crippen molar-refractivity contribution >= 4 is 5.97 Å². The van der Waals surface area contributed by atoms with Gasteiger partial charge in [-0.25, -0.2) is 0 Å². The number of carbonyl (C=O) groups excluding carboxylic acids is 1. The molecule has 1 atom stereocenters. The standard InChI is InChI=1S/C15H18F3NO2/c1-21-14(20)13-7-2-3-8-19(13)10-11-5-4-6-12(9-11)15(16,17)18/h4-6,9,13H,2-3,7-8,10H2,1H3/t13-/m1/s1. The first-order valence-corrected chi connectivity index (χ1v) is 6.90. The first-order valence-electron chi connectivity index (χ1n) is 6.90. The number of methoxy groups -OCH3 is 1. The van der Waals surface area contributed by atoms with Crippen LogP contribution in [0.2, 0.25) is 0 Å². The number of ether oxygens (including phenoxy) is 1. The highest BCUT2D eigenvalue weighted by Gasteiger charge is 2.32. The lowest BCUT2D eigenvalue weighted by atomic mass is 10.0. The Hall–Kier alpha value is -1.56. The van der Waals surface area contributed by atoms with E-state index in [2.05, 4.69) is 0 Å². The smallest absolute Gasteiger partial charge is 0.416 e. The van der Waals surface area contributed by atoms with Crippen LogP contribution in [-0.4, -0.2) is 30.6 Å². The van der Waals surface area contributed by atoms with E-state index < -0.39 is 11.7 Å². The molecule has 1 saturated heterocycles. The summed E-state index contributed by atoms with van der Waals surface area (Å²) >= 11 is 0. The molecule has 6 heteroatoms. The summed E-state index contributed by atoms with van der Waals surface area (Å²) in [6.07, 6.45) is -1.80. The van der Waals surface area contributed by atoms with Gasteiger partial charge in [-0.2, -0.15) is 13.2 Å². The number of carbonyl (C=O) groups is 1. The predicted molar refractivity (Wildman–Crippen MR) is 71.5 cm³/mol. The molecule has 1 fully saturated rings. The summed E-state index contributed by atoms with van der Waals surface area (Å²) in [4.78, 5) is 13.6. The second kappa shape index (κ2) is 6.47. The van der Waals surface area contributed by atoms with Crippen LogP contribution in [0.3, 0.4) is 0 Å². The number of likely N-dealkylation sites (tertiary alicyclic amines) is 1. The minimum Gasteiger partial charge on any atom is -0.468 e. The van der Waals surface area contributed by atoms with Gasteiger partial charge in [0.1, 0.15) is 6.04 Å². The van der Waals surface area contributed by atoms with E-state index in [0.29, 0.717) is 25.1 Å². The van der Waals surface area contributed by atoms with Gasteiger partial charge in [0.05, 0.1) is 12.7 Å². The highest BCUT2D eigenvalue weighted by molar-refractivity contribution is 5.75. The summed E-state index contributed by atoms with van der Waals surface area (Å²) in [5.74, 6) is -0.318. The maximum absolute atomic E-state index is 12.7. The molecular weight excluding hydrogens is 283 g/mol. The van der Waals surface area contributed by atoms with Crippen molar-refractivity contribution in [2.75, 3.05) is 13.7 Å². The van der Waals surface area contributed by atoms with E-state index in [1.54, 1.807) is 6.07 Å². The van der Waals surface area contributed by atoms with Crippen molar-refractivity contribution in [3.05, 3.63) is 35.4 Å². The molecule has 0 aromatic heterocycles. The largest absolute Gasteiger partial charge is 0.468 e. The van der Waals surface area contributed by atoms with Crippen molar-refractivity contribution < 1.29 is 22.7 Å². The SMILES string of the molecule is COC(=O)[C@H]1CCCCN1Cc1cccc(C(F)(F)F)c1. The fourth-order valence-corrected chi connectivity index (χ4v) is 2.66. The van der Waals surface area contributed by atoms with Crippen LogP contribution in [0.1, 0.15) is 30.4 Å². The van der Waals surface area contributed by atoms with Crippen LogP contribution >= 0.6 is 0 Å². The van der Waals surface area contributed by atoms with Gasteiger partial charge in [0.2, 0.25) is 0 Å². The molecule has 116 valence electrons. The average molecular weight is 301 g/mol. The van der Waals surface area contributed by atoms with Crippen LogP contribution in [0, 0.1) is 0 Å². The van der Waals surface area contributed by atoms with E-state index >= 15 is 0 Å². The fraction of sp³-hybridized carbons (Fsp3) is 0.533. The van der Waals surface area contributed by atoms with Crippen LogP contribution in [0.5, 0.6) is 0 Å². The van der Waals surface area contributed by atoms with E-state index in [1.165, 1.54) is 13.2 Å². The Morgan fingerprint density at radius 3 is 2.81 bits per heavy atom. The van der Waals surface area contributed by atoms with Gasteiger partial charge in [0.25, 0.3) is 0 Å². The monoisotopic (exact) mass is 301 g/mol. The lowest BCUT2D eigenvalue weighted by molar-refractivity contribution is -0.148. The second-order valence-electron chi connectivity index (χ2n) is 5.20. The minimum absolute atomic E-state index is 0.318. The van der Waals surface area contributed by atoms with E-state index in [9.17, 15) is 18.0 Å². The summed E-state index contributed by atoms with van der Waals surface area (Å²) in [7, 11) is 1.33. The summed E-state index contributed by atoms with van der Waals surface area (Å²) in [6.45, 7) is 1.01. The van der Waals surface area contributed by atoms with Gasteiger partial charge in [-0.1, -0.05) is 24.6 Å². The summed E-state index contributed by atoms with van der Waals surface area (Å²) in [5.41, 5.74) is -0.104. The van der Waals surface area contributed by atoms with Crippen LogP contribution in [-0.2, 0) is 22.3 Å². The number of esters is 1. The molecule has 21 heavy (non-hydrogen) atoms. The van der Waals surface area contributed by atoms with Gasteiger partial charge in [-0.15, -0.1) is 0 Å². The van der Waals surface area contributed by atoms with Gasteiger partial charge >= 0.3 is 12.1 Å². The first-order chi connectivity index (χ1) is 9.91. The highest BCUT2D eigenvalue weighted by atomic mass is 19.4. The van der Waals surface area contributed by atoms with Crippen molar-refractivity contribution in [3.8, 4) is 0 Å². The predicted octanol–water partition coefficient (Wildman–Crippen LogP) is 3.23. The number of rotatable bonds is 3. The molecule has 0 saturated carbocycles. The zero-order valence-electron chi connectivity index (χ0n) is 11.8. The third kappa shape index (κ3) is 3.97. The lowest BCUT2D eigenvalue weighted by Crippen LogP contribution is -2.44. The molecule has 0 aliphatic carbocycles. The third-order valence-corrected chi connectivity index (χ3v) is 3.73. The normalized spacial score (nSPS) is 20.3. The maximum Gasteiger partial charge on any atom is 0.416 e. The third-order valence-electron chi connectivity index (χ3n) is 3.73. The average Bonchev–Trinajstić information content (AvgIpc) is 2.46. The van der Waals surface area contributed by atoms with E-state index in [0.717, 1.165) is 25.0 Å². The molecule has 2 rings (SSSR count). The van der Waals surface area contributed by atoms with Crippen LogP contribution in [0.4, 0.5) is 13.2 Å². The topological polar surface area (TPSA) is 29.5 Å². The highest BCUT2D eigenvalue weighted by Crippen LogP contribution is 2.30. The van der Waals surface area contributed by atoms with Crippen molar-refractivity contribution in [2.24, 2.45) is 0 Å². The number of nitrogens with zero attached hydrogens (tertiary/aromatic N) is 1. The molecule has 1 aromatic rings. The Bertz CT molecular complexity index is 502. The molecule has 0 bridgehead atoms. The molecule has 0 spiro atoms. The van der Waals surface area contributed by atoms with Gasteiger partial charge in [-0.3, -0.25) is 9.69 Å². The molecule has 0 radical (unpaired) electrons. The number of benzene rings is 1. The number of alkyl halides is 3. The Morgan fingerprint density at radius 2 is 2.14 bits per heavy atom. The number of halogens is 3. The zero-order chi connectivity index (χ0) is 15.5. The van der Waals surface area contributed by atoms with Crippen LogP contribution in [0.25, 0.3) is 0 Å². The molecule has 1 aromatic carbocycles. The van der Waals surface area contributed by atoms with Gasteiger partial charge in [-0.05, 0) is 31.0 Å². The van der Waals surface area contributed by atoms with Crippen molar-refractivity contribution in [3.63, 3.8) is 0 Å². The number of piperidine rings is 1. The van der Waals surface area contributed by atoms with E-state index in [-0.39, 0.29) is 12.0 Å². The van der Waals surface area contributed by atoms with Crippen LogP contribution in [0.15, 0.2) is 24.3 Å². The Morgan fingerprint density at radius 1 is 1.38 bits per heavy atom. The molecule has 0 unspecified atom stereocenters. The van der Waals surface area contributed by atoms with Gasteiger partial charge in [0, 0.05) is 6.54 Å². The fourth-order valence-electron chi connectivity index (χ4n) is 2.66. The minimum atomic E-state index is -4.35. The quantitative estimate of drug-likeness (QED) is 0.803. The first kappa shape index (κ1) is 15.8.